The summed E-state index contributed by atoms with van der Waals surface area (Å²) in [5.41, 5.74) is 14.7. The number of pyridine rings is 2. The second-order valence-corrected chi connectivity index (χ2v) is 13.2. The highest BCUT2D eigenvalue weighted by atomic mass is 15.0. The van der Waals surface area contributed by atoms with Crippen LogP contribution < -0.4 is 0 Å². The molecule has 10 aromatic rings. The first kappa shape index (κ1) is 29.8. The molecule has 0 unspecified atom stereocenters. The molecule has 4 aromatic heterocycles. The third-order valence-corrected chi connectivity index (χ3v) is 10.3. The minimum absolute atomic E-state index is 1.00. The number of para-hydroxylation sites is 2. The first-order chi connectivity index (χ1) is 25.7. The highest BCUT2D eigenvalue weighted by Crippen LogP contribution is 2.34. The number of hydrogen-bond acceptors (Lipinski definition) is 2. The summed E-state index contributed by atoms with van der Waals surface area (Å²) in [5, 5.41) is 4.89. The lowest BCUT2D eigenvalue weighted by Crippen LogP contribution is -1.94. The Hall–Kier alpha value is -7.04. The van der Waals surface area contributed by atoms with Crippen molar-refractivity contribution in [3.8, 4) is 33.6 Å². The lowest BCUT2D eigenvalue weighted by Gasteiger charge is -2.11. The molecule has 4 heterocycles. The second-order valence-electron chi connectivity index (χ2n) is 13.2. The Labute approximate surface area is 301 Å². The van der Waals surface area contributed by atoms with Gasteiger partial charge in [0.15, 0.2) is 0 Å². The van der Waals surface area contributed by atoms with Crippen molar-refractivity contribution in [2.45, 2.75) is 0 Å². The SMILES string of the molecule is C=C(c1ccc(-c2ccc(-n3c4ccccc4c4ccncc43)cc2)cc1)c1ccc(-c2ccc(-n3c4ccccc4c4ccncc43)cc2)cc1. The number of fused-ring (bicyclic) bond motifs is 6. The Bertz CT molecular complexity index is 2620. The third kappa shape index (κ3) is 4.84. The zero-order valence-electron chi connectivity index (χ0n) is 28.3. The Morgan fingerprint density at radius 1 is 0.365 bits per heavy atom. The molecule has 0 aliphatic rings. The van der Waals surface area contributed by atoms with E-state index in [-0.39, 0.29) is 0 Å². The molecule has 0 spiro atoms. The maximum Gasteiger partial charge on any atom is 0.0724 e. The summed E-state index contributed by atoms with van der Waals surface area (Å²) in [6.45, 7) is 4.46. The fourth-order valence-electron chi connectivity index (χ4n) is 7.69. The van der Waals surface area contributed by atoms with Gasteiger partial charge in [0.25, 0.3) is 0 Å². The Kier molecular flexibility index (Phi) is 6.93. The van der Waals surface area contributed by atoms with Gasteiger partial charge in [-0.05, 0) is 87.5 Å². The molecular weight excluding hydrogens is 633 g/mol. The number of nitrogens with zero attached hydrogens (tertiary/aromatic N) is 4. The molecule has 52 heavy (non-hydrogen) atoms. The van der Waals surface area contributed by atoms with Crippen LogP contribution in [0.2, 0.25) is 0 Å². The van der Waals surface area contributed by atoms with Gasteiger partial charge in [0.2, 0.25) is 0 Å². The maximum atomic E-state index is 4.46. The van der Waals surface area contributed by atoms with E-state index < -0.39 is 0 Å². The van der Waals surface area contributed by atoms with Gasteiger partial charge in [0.05, 0.1) is 34.5 Å². The van der Waals surface area contributed by atoms with E-state index in [4.69, 9.17) is 0 Å². The van der Waals surface area contributed by atoms with Crippen LogP contribution in [-0.2, 0) is 0 Å². The highest BCUT2D eigenvalue weighted by molar-refractivity contribution is 6.09. The topological polar surface area (TPSA) is 35.6 Å². The van der Waals surface area contributed by atoms with Gasteiger partial charge in [-0.25, -0.2) is 0 Å². The van der Waals surface area contributed by atoms with E-state index in [1.54, 1.807) is 0 Å². The van der Waals surface area contributed by atoms with Crippen molar-refractivity contribution < 1.29 is 0 Å². The Morgan fingerprint density at radius 3 is 1.12 bits per heavy atom. The van der Waals surface area contributed by atoms with Gasteiger partial charge >= 0.3 is 0 Å². The Morgan fingerprint density at radius 2 is 0.712 bits per heavy atom. The van der Waals surface area contributed by atoms with Crippen molar-refractivity contribution in [2.75, 3.05) is 0 Å². The van der Waals surface area contributed by atoms with E-state index in [9.17, 15) is 0 Å². The van der Waals surface area contributed by atoms with Crippen LogP contribution in [0.5, 0.6) is 0 Å². The van der Waals surface area contributed by atoms with Crippen molar-refractivity contribution >= 4 is 49.2 Å². The van der Waals surface area contributed by atoms with Crippen molar-refractivity contribution in [3.63, 3.8) is 0 Å². The quantitative estimate of drug-likeness (QED) is 0.177. The summed E-state index contributed by atoms with van der Waals surface area (Å²) in [4.78, 5) is 8.84. The zero-order valence-corrected chi connectivity index (χ0v) is 28.3. The number of hydrogen-bond donors (Lipinski definition) is 0. The first-order valence-electron chi connectivity index (χ1n) is 17.5. The molecule has 4 heteroatoms. The van der Waals surface area contributed by atoms with E-state index in [0.717, 1.165) is 39.1 Å². The Balaban J connectivity index is 0.872. The molecule has 0 saturated heterocycles. The fourth-order valence-corrected chi connectivity index (χ4v) is 7.69. The largest absolute Gasteiger partial charge is 0.308 e. The molecule has 0 aliphatic heterocycles. The summed E-state index contributed by atoms with van der Waals surface area (Å²) in [6, 6.07) is 56.2. The molecule has 0 radical (unpaired) electrons. The van der Waals surface area contributed by atoms with Gasteiger partial charge in [-0.15, -0.1) is 0 Å². The van der Waals surface area contributed by atoms with Gasteiger partial charge in [0, 0.05) is 45.3 Å². The van der Waals surface area contributed by atoms with E-state index >= 15 is 0 Å². The number of benzene rings is 6. The summed E-state index contributed by atoms with van der Waals surface area (Å²) in [7, 11) is 0. The summed E-state index contributed by atoms with van der Waals surface area (Å²) in [6.07, 6.45) is 7.63. The van der Waals surface area contributed by atoms with Crippen molar-refractivity contribution in [2.24, 2.45) is 0 Å². The molecule has 10 rings (SSSR count). The number of aromatic nitrogens is 4. The molecule has 244 valence electrons. The predicted molar refractivity (Wildman–Crippen MR) is 216 cm³/mol. The smallest absolute Gasteiger partial charge is 0.0724 e. The molecule has 0 N–H and O–H groups in total. The molecule has 6 aromatic carbocycles. The third-order valence-electron chi connectivity index (χ3n) is 10.3. The maximum absolute atomic E-state index is 4.46. The van der Waals surface area contributed by atoms with Crippen LogP contribution in [0.3, 0.4) is 0 Å². The van der Waals surface area contributed by atoms with E-state index in [0.29, 0.717) is 0 Å². The fraction of sp³-hybridized carbons (Fsp3) is 0. The van der Waals surface area contributed by atoms with E-state index in [2.05, 4.69) is 183 Å². The molecule has 0 fully saturated rings. The van der Waals surface area contributed by atoms with Crippen molar-refractivity contribution in [1.29, 1.82) is 0 Å². The highest BCUT2D eigenvalue weighted by Gasteiger charge is 2.14. The second kappa shape index (κ2) is 12.1. The van der Waals surface area contributed by atoms with Crippen LogP contribution in [0.4, 0.5) is 0 Å². The molecule has 0 aliphatic carbocycles. The summed E-state index contributed by atoms with van der Waals surface area (Å²) < 4.78 is 4.58. The van der Waals surface area contributed by atoms with Crippen LogP contribution >= 0.6 is 0 Å². The van der Waals surface area contributed by atoms with Crippen molar-refractivity contribution in [1.82, 2.24) is 19.1 Å². The summed E-state index contributed by atoms with van der Waals surface area (Å²) >= 11 is 0. The average molecular weight is 665 g/mol. The molecular formula is C48H32N4. The van der Waals surface area contributed by atoms with Gasteiger partial charge in [-0.1, -0.05) is 116 Å². The molecule has 0 saturated carbocycles. The van der Waals surface area contributed by atoms with Crippen LogP contribution in [0, 0.1) is 0 Å². The van der Waals surface area contributed by atoms with Crippen LogP contribution in [-0.4, -0.2) is 19.1 Å². The molecule has 0 amide bonds. The van der Waals surface area contributed by atoms with Crippen LogP contribution in [0.25, 0.3) is 82.8 Å². The molecule has 0 atom stereocenters. The van der Waals surface area contributed by atoms with Crippen LogP contribution in [0.15, 0.2) is 189 Å². The normalized spacial score (nSPS) is 11.5. The monoisotopic (exact) mass is 664 g/mol. The van der Waals surface area contributed by atoms with Crippen LogP contribution in [0.1, 0.15) is 11.1 Å². The van der Waals surface area contributed by atoms with E-state index in [1.165, 1.54) is 54.8 Å². The first-order valence-corrected chi connectivity index (χ1v) is 17.5. The van der Waals surface area contributed by atoms with Gasteiger partial charge in [0.1, 0.15) is 0 Å². The zero-order chi connectivity index (χ0) is 34.6. The minimum atomic E-state index is 1.00. The lowest BCUT2D eigenvalue weighted by molar-refractivity contribution is 1.17. The van der Waals surface area contributed by atoms with Gasteiger partial charge in [-0.3, -0.25) is 9.97 Å². The standard InChI is InChI=1S/C48H32N4/c1-32(33-10-14-35(15-11-33)37-18-22-39(23-19-37)51-45-8-4-2-6-41(45)43-26-28-49-30-47(43)51)34-12-16-36(17-13-34)38-20-24-40(25-21-38)52-46-9-5-3-7-42(46)44-27-29-50-31-48(44)52/h2-31H,1H2. The molecule has 4 nitrogen and oxygen atoms in total. The average Bonchev–Trinajstić information content (AvgIpc) is 3.74. The van der Waals surface area contributed by atoms with Crippen molar-refractivity contribution in [3.05, 3.63) is 200 Å². The van der Waals surface area contributed by atoms with E-state index in [1.807, 2.05) is 24.8 Å². The minimum Gasteiger partial charge on any atom is -0.308 e. The van der Waals surface area contributed by atoms with Gasteiger partial charge in [-0.2, -0.15) is 0 Å². The summed E-state index contributed by atoms with van der Waals surface area (Å²) in [5.74, 6) is 0. The van der Waals surface area contributed by atoms with Gasteiger partial charge < -0.3 is 9.13 Å². The lowest BCUT2D eigenvalue weighted by atomic mass is 9.95. The predicted octanol–water partition coefficient (Wildman–Crippen LogP) is 12.1. The number of rotatable bonds is 6. The molecule has 0 bridgehead atoms.